The minimum absolute atomic E-state index is 0. The van der Waals surface area contributed by atoms with Gasteiger partial charge in [-0.15, -0.1) is 0 Å². The molecule has 0 aromatic rings. The molecule has 0 aliphatic rings. The molecule has 0 spiro atoms. The van der Waals surface area contributed by atoms with E-state index in [0.717, 1.165) is 19.9 Å². The molecule has 0 heterocycles. The summed E-state index contributed by atoms with van der Waals surface area (Å²) in [7, 11) is 0. The largest absolute Gasteiger partial charge is 0.454 e. The van der Waals surface area contributed by atoms with Gasteiger partial charge in [0.05, 0.1) is 0 Å². The number of hydrogen-bond donors (Lipinski definition) is 0. The fourth-order valence-corrected chi connectivity index (χ4v) is 0.775. The Balaban J connectivity index is -0.00000180. The number of carbonyl (C=O) groups excluding carboxylic acids is 2. The van der Waals surface area contributed by atoms with Gasteiger partial charge >= 0.3 is 12.4 Å². The van der Waals surface area contributed by atoms with Crippen molar-refractivity contribution in [3.8, 4) is 0 Å². The summed E-state index contributed by atoms with van der Waals surface area (Å²) in [5.74, 6) is -6.08. The zero-order valence-electron chi connectivity index (χ0n) is 11.1. The molecule has 0 aliphatic heterocycles. The topological polar surface area (TPSA) is 52.6 Å². The molecule has 0 aliphatic carbocycles. The van der Waals surface area contributed by atoms with Crippen molar-refractivity contribution in [3.05, 3.63) is 23.7 Å². The molecule has 0 saturated heterocycles. The van der Waals surface area contributed by atoms with E-state index in [1.165, 1.54) is 0 Å². The minimum atomic E-state index is -5.48. The third-order valence-corrected chi connectivity index (χ3v) is 1.49. The van der Waals surface area contributed by atoms with Gasteiger partial charge in [0.15, 0.2) is 11.5 Å². The summed E-state index contributed by atoms with van der Waals surface area (Å²) < 4.78 is 72.5. The zero-order valence-corrected chi connectivity index (χ0v) is 14.0. The van der Waals surface area contributed by atoms with E-state index in [1.54, 1.807) is 0 Å². The second-order valence-electron chi connectivity index (χ2n) is 3.40. The minimum Gasteiger partial charge on any atom is -0.295 e. The van der Waals surface area contributed by atoms with Crippen LogP contribution >= 0.6 is 9.90 Å². The molecule has 12 heteroatoms. The molecule has 0 N–H and O–H groups in total. The molecule has 22 heavy (non-hydrogen) atoms. The van der Waals surface area contributed by atoms with Gasteiger partial charge in [0.2, 0.25) is 0 Å². The van der Waals surface area contributed by atoms with Crippen molar-refractivity contribution < 1.29 is 66.1 Å². The van der Waals surface area contributed by atoms with Crippen molar-refractivity contribution in [3.63, 3.8) is 0 Å². The van der Waals surface area contributed by atoms with E-state index in [9.17, 15) is 35.9 Å². The van der Waals surface area contributed by atoms with Crippen LogP contribution in [-0.4, -0.2) is 23.9 Å². The van der Waals surface area contributed by atoms with Gasteiger partial charge in [0.1, 0.15) is 0 Å². The molecular formula is C10H11F6O4PPd. The smallest absolute Gasteiger partial charge is 0.295 e. The van der Waals surface area contributed by atoms with E-state index in [1.807, 2.05) is 0 Å². The first-order valence-corrected chi connectivity index (χ1v) is 4.77. The Morgan fingerprint density at radius 2 is 1.32 bits per heavy atom. The Kier molecular flexibility index (Phi) is 11.8. The average molecular weight is 447 g/mol. The SMILES string of the molecule is CC(=O)/C=C(/C)OO/C(=C\C(=O)C(F)(F)F)C(F)(F)F.P.[Pd]. The predicted molar refractivity (Wildman–Crippen MR) is 62.9 cm³/mol. The first-order chi connectivity index (χ1) is 8.84. The van der Waals surface area contributed by atoms with E-state index in [4.69, 9.17) is 0 Å². The number of ketones is 2. The second-order valence-corrected chi connectivity index (χ2v) is 3.40. The van der Waals surface area contributed by atoms with Gasteiger partial charge < -0.3 is 0 Å². The van der Waals surface area contributed by atoms with Crippen LogP contribution in [0.25, 0.3) is 0 Å². The molecule has 0 aromatic heterocycles. The monoisotopic (exact) mass is 446 g/mol. The van der Waals surface area contributed by atoms with Gasteiger partial charge in [0.25, 0.3) is 11.5 Å². The summed E-state index contributed by atoms with van der Waals surface area (Å²) in [4.78, 5) is 28.6. The van der Waals surface area contributed by atoms with Gasteiger partial charge in [-0.25, -0.2) is 0 Å². The normalized spacial score (nSPS) is 12.7. The van der Waals surface area contributed by atoms with Crippen molar-refractivity contribution in [1.82, 2.24) is 0 Å². The molecule has 0 amide bonds. The van der Waals surface area contributed by atoms with Crippen LogP contribution in [0, 0.1) is 0 Å². The molecule has 0 bridgehead atoms. The fourth-order valence-electron chi connectivity index (χ4n) is 0.775. The Morgan fingerprint density at radius 1 is 0.864 bits per heavy atom. The number of rotatable bonds is 5. The Morgan fingerprint density at radius 3 is 1.64 bits per heavy atom. The van der Waals surface area contributed by atoms with E-state index < -0.39 is 41.5 Å². The van der Waals surface area contributed by atoms with Gasteiger partial charge in [-0.1, -0.05) is 0 Å². The molecule has 1 atom stereocenters. The summed E-state index contributed by atoms with van der Waals surface area (Å²) in [6.45, 7) is 2.08. The number of alkyl halides is 6. The summed E-state index contributed by atoms with van der Waals surface area (Å²) >= 11 is 0. The van der Waals surface area contributed by atoms with Crippen molar-refractivity contribution in [1.29, 1.82) is 0 Å². The van der Waals surface area contributed by atoms with Crippen LogP contribution in [0.3, 0.4) is 0 Å². The van der Waals surface area contributed by atoms with E-state index >= 15 is 0 Å². The summed E-state index contributed by atoms with van der Waals surface area (Å²) in [5, 5.41) is 0. The quantitative estimate of drug-likeness (QED) is 0.124. The molecule has 132 valence electrons. The van der Waals surface area contributed by atoms with Crippen molar-refractivity contribution in [2.75, 3.05) is 0 Å². The number of halogens is 6. The van der Waals surface area contributed by atoms with Gasteiger partial charge in [-0.3, -0.25) is 19.4 Å². The van der Waals surface area contributed by atoms with E-state index in [-0.39, 0.29) is 30.3 Å². The third kappa shape index (κ3) is 10.8. The van der Waals surface area contributed by atoms with Gasteiger partial charge in [0, 0.05) is 32.6 Å². The maximum atomic E-state index is 12.3. The maximum Gasteiger partial charge on any atom is 0.454 e. The molecule has 0 saturated carbocycles. The summed E-state index contributed by atoms with van der Waals surface area (Å²) in [5.41, 5.74) is 0. The number of hydrogen-bond acceptors (Lipinski definition) is 4. The Labute approximate surface area is 138 Å². The first-order valence-electron chi connectivity index (χ1n) is 4.77. The van der Waals surface area contributed by atoms with Gasteiger partial charge in [-0.05, 0) is 13.8 Å². The third-order valence-electron chi connectivity index (χ3n) is 1.49. The zero-order chi connectivity index (χ0) is 16.1. The average Bonchev–Trinajstić information content (AvgIpc) is 2.19. The van der Waals surface area contributed by atoms with Crippen molar-refractivity contribution >= 4 is 21.5 Å². The van der Waals surface area contributed by atoms with Crippen LogP contribution in [0.5, 0.6) is 0 Å². The Bertz CT molecular complexity index is 455. The first kappa shape index (κ1) is 26.0. The van der Waals surface area contributed by atoms with Crippen molar-refractivity contribution in [2.24, 2.45) is 0 Å². The molecule has 0 aromatic carbocycles. The maximum absolute atomic E-state index is 12.3. The second kappa shape index (κ2) is 9.98. The fraction of sp³-hybridized carbons (Fsp3) is 0.400. The molecule has 1 unspecified atom stereocenters. The predicted octanol–water partition coefficient (Wildman–Crippen LogP) is 3.06. The van der Waals surface area contributed by atoms with Crippen LogP contribution in [0.15, 0.2) is 23.7 Å². The van der Waals surface area contributed by atoms with Crippen LogP contribution in [0.2, 0.25) is 0 Å². The van der Waals surface area contributed by atoms with Crippen LogP contribution in [-0.2, 0) is 39.8 Å². The summed E-state index contributed by atoms with van der Waals surface area (Å²) in [6.07, 6.45) is -10.9. The van der Waals surface area contributed by atoms with E-state index in [2.05, 4.69) is 9.78 Å². The molecule has 0 fully saturated rings. The molecule has 0 rings (SSSR count). The summed E-state index contributed by atoms with van der Waals surface area (Å²) in [6, 6.07) is 0. The van der Waals surface area contributed by atoms with Gasteiger partial charge in [-0.2, -0.15) is 36.2 Å². The molecule has 4 nitrogen and oxygen atoms in total. The standard InChI is InChI=1S/C10H8F6O4.H3P.Pd/c1-5(17)3-6(2)19-20-8(10(14,15)16)4-7(18)9(11,12)13;;/h3-4H,1-2H3;1H3;/b6-3-,8-4-;;. The van der Waals surface area contributed by atoms with E-state index in [0.29, 0.717) is 0 Å². The Hall–Kier alpha value is -0.908. The van der Waals surface area contributed by atoms with Crippen LogP contribution < -0.4 is 0 Å². The van der Waals surface area contributed by atoms with Crippen LogP contribution in [0.1, 0.15) is 13.8 Å². The van der Waals surface area contributed by atoms with Crippen molar-refractivity contribution in [2.45, 2.75) is 26.2 Å². The molecular weight excluding hydrogens is 435 g/mol. The van der Waals surface area contributed by atoms with Crippen LogP contribution in [0.4, 0.5) is 26.3 Å². The molecule has 0 radical (unpaired) electrons. The number of allylic oxidation sites excluding steroid dienone is 4. The number of carbonyl (C=O) groups is 2.